The Morgan fingerprint density at radius 1 is 1.38 bits per heavy atom. The zero-order valence-corrected chi connectivity index (χ0v) is 10.1. The summed E-state index contributed by atoms with van der Waals surface area (Å²) in [5.74, 6) is 0.789. The number of alkyl halides is 1. The molecule has 0 spiro atoms. The van der Waals surface area contributed by atoms with Crippen LogP contribution in [0.3, 0.4) is 0 Å². The molecule has 0 bridgehead atoms. The van der Waals surface area contributed by atoms with Gasteiger partial charge in [-0.3, -0.25) is 0 Å². The van der Waals surface area contributed by atoms with Crippen molar-refractivity contribution in [2.45, 2.75) is 12.6 Å². The standard InChI is InChI=1S/C11H15ClFNO2/c1-15-10-6-7(12)5-8(11(10)16-2)9(13)3-4-14/h5-6,9H,3-4,14H2,1-2H3. The van der Waals surface area contributed by atoms with E-state index in [4.69, 9.17) is 26.8 Å². The molecule has 2 N–H and O–H groups in total. The van der Waals surface area contributed by atoms with E-state index in [-0.39, 0.29) is 13.0 Å². The molecule has 90 valence electrons. The summed E-state index contributed by atoms with van der Waals surface area (Å²) in [6, 6.07) is 3.11. The lowest BCUT2D eigenvalue weighted by Gasteiger charge is -2.15. The highest BCUT2D eigenvalue weighted by molar-refractivity contribution is 6.30. The van der Waals surface area contributed by atoms with E-state index in [1.165, 1.54) is 20.3 Å². The number of hydrogen-bond donors (Lipinski definition) is 1. The number of benzene rings is 1. The molecule has 0 aliphatic heterocycles. The van der Waals surface area contributed by atoms with Crippen LogP contribution in [0.15, 0.2) is 12.1 Å². The fourth-order valence-electron chi connectivity index (χ4n) is 1.49. The third-order valence-corrected chi connectivity index (χ3v) is 2.45. The van der Waals surface area contributed by atoms with Crippen molar-refractivity contribution < 1.29 is 13.9 Å². The third kappa shape index (κ3) is 2.77. The Bertz CT molecular complexity index is 360. The van der Waals surface area contributed by atoms with Gasteiger partial charge in [-0.2, -0.15) is 0 Å². The predicted molar refractivity (Wildman–Crippen MR) is 62.1 cm³/mol. The molecular weight excluding hydrogens is 233 g/mol. The van der Waals surface area contributed by atoms with E-state index >= 15 is 0 Å². The quantitative estimate of drug-likeness (QED) is 0.870. The summed E-state index contributed by atoms with van der Waals surface area (Å²) >= 11 is 5.87. The van der Waals surface area contributed by atoms with Crippen molar-refractivity contribution in [2.75, 3.05) is 20.8 Å². The van der Waals surface area contributed by atoms with Crippen molar-refractivity contribution in [2.24, 2.45) is 5.73 Å². The lowest BCUT2D eigenvalue weighted by atomic mass is 10.1. The van der Waals surface area contributed by atoms with E-state index in [2.05, 4.69) is 0 Å². The van der Waals surface area contributed by atoms with Crippen molar-refractivity contribution in [1.82, 2.24) is 0 Å². The van der Waals surface area contributed by atoms with Crippen LogP contribution in [0.1, 0.15) is 18.2 Å². The second-order valence-electron chi connectivity index (χ2n) is 3.28. The monoisotopic (exact) mass is 247 g/mol. The molecule has 1 aromatic rings. The molecule has 0 heterocycles. The molecule has 5 heteroatoms. The van der Waals surface area contributed by atoms with E-state index in [1.807, 2.05) is 0 Å². The van der Waals surface area contributed by atoms with Gasteiger partial charge in [-0.25, -0.2) is 4.39 Å². The maximum absolute atomic E-state index is 13.8. The number of hydrogen-bond acceptors (Lipinski definition) is 3. The van der Waals surface area contributed by atoms with E-state index in [9.17, 15) is 4.39 Å². The van der Waals surface area contributed by atoms with Crippen LogP contribution < -0.4 is 15.2 Å². The zero-order valence-electron chi connectivity index (χ0n) is 9.30. The minimum atomic E-state index is -1.20. The van der Waals surface area contributed by atoms with Crippen molar-refractivity contribution in [3.8, 4) is 11.5 Å². The van der Waals surface area contributed by atoms with Gasteiger partial charge in [0.05, 0.1) is 14.2 Å². The van der Waals surface area contributed by atoms with Crippen molar-refractivity contribution in [3.63, 3.8) is 0 Å². The molecule has 0 aliphatic rings. The van der Waals surface area contributed by atoms with Gasteiger partial charge in [0.2, 0.25) is 0 Å². The number of ether oxygens (including phenoxy) is 2. The Balaban J connectivity index is 3.19. The molecule has 1 rings (SSSR count). The average molecular weight is 248 g/mol. The molecule has 0 amide bonds. The molecule has 0 aliphatic carbocycles. The second-order valence-corrected chi connectivity index (χ2v) is 3.71. The molecule has 3 nitrogen and oxygen atoms in total. The Morgan fingerprint density at radius 3 is 2.56 bits per heavy atom. The van der Waals surface area contributed by atoms with Gasteiger partial charge >= 0.3 is 0 Å². The Morgan fingerprint density at radius 2 is 2.06 bits per heavy atom. The maximum Gasteiger partial charge on any atom is 0.166 e. The van der Waals surface area contributed by atoms with Gasteiger partial charge in [-0.05, 0) is 19.0 Å². The number of methoxy groups -OCH3 is 2. The lowest BCUT2D eigenvalue weighted by molar-refractivity contribution is 0.300. The summed E-state index contributed by atoms with van der Waals surface area (Å²) in [6.45, 7) is 0.263. The van der Waals surface area contributed by atoms with E-state index in [0.29, 0.717) is 22.1 Å². The molecular formula is C11H15ClFNO2. The number of rotatable bonds is 5. The molecule has 0 saturated heterocycles. The zero-order chi connectivity index (χ0) is 12.1. The number of halogens is 2. The highest BCUT2D eigenvalue weighted by atomic mass is 35.5. The fraction of sp³-hybridized carbons (Fsp3) is 0.455. The van der Waals surface area contributed by atoms with Crippen LogP contribution in [0.5, 0.6) is 11.5 Å². The first kappa shape index (κ1) is 13.1. The summed E-state index contributed by atoms with van der Waals surface area (Å²) in [5.41, 5.74) is 5.69. The van der Waals surface area contributed by atoms with Crippen LogP contribution in [0.4, 0.5) is 4.39 Å². The number of nitrogens with two attached hydrogens (primary N) is 1. The first-order valence-corrected chi connectivity index (χ1v) is 5.27. The van der Waals surface area contributed by atoms with Crippen LogP contribution in [0, 0.1) is 0 Å². The van der Waals surface area contributed by atoms with Crippen LogP contribution in [0.2, 0.25) is 5.02 Å². The van der Waals surface area contributed by atoms with E-state index < -0.39 is 6.17 Å². The van der Waals surface area contributed by atoms with Gasteiger partial charge in [-0.15, -0.1) is 0 Å². The van der Waals surface area contributed by atoms with Gasteiger partial charge in [-0.1, -0.05) is 11.6 Å². The summed E-state index contributed by atoms with van der Waals surface area (Å²) in [5, 5.41) is 0.410. The predicted octanol–water partition coefficient (Wildman–Crippen LogP) is 2.72. The molecule has 0 radical (unpaired) electrons. The summed E-state index contributed by atoms with van der Waals surface area (Å²) in [6.07, 6.45) is -0.979. The minimum absolute atomic E-state index is 0.222. The first-order chi connectivity index (χ1) is 7.63. The molecule has 0 saturated carbocycles. The van der Waals surface area contributed by atoms with Crippen LogP contribution in [-0.2, 0) is 0 Å². The van der Waals surface area contributed by atoms with Crippen molar-refractivity contribution >= 4 is 11.6 Å². The van der Waals surface area contributed by atoms with Gasteiger partial charge in [0.25, 0.3) is 0 Å². The summed E-state index contributed by atoms with van der Waals surface area (Å²) in [7, 11) is 2.94. The molecule has 0 aromatic heterocycles. The SMILES string of the molecule is COc1cc(Cl)cc(C(F)CCN)c1OC. The fourth-order valence-corrected chi connectivity index (χ4v) is 1.71. The van der Waals surface area contributed by atoms with Crippen molar-refractivity contribution in [1.29, 1.82) is 0 Å². The molecule has 1 unspecified atom stereocenters. The first-order valence-electron chi connectivity index (χ1n) is 4.89. The highest BCUT2D eigenvalue weighted by Gasteiger charge is 2.19. The van der Waals surface area contributed by atoms with Crippen LogP contribution >= 0.6 is 11.6 Å². The Hall–Kier alpha value is -1.00. The normalized spacial score (nSPS) is 12.3. The molecule has 1 aromatic carbocycles. The smallest absolute Gasteiger partial charge is 0.166 e. The highest BCUT2D eigenvalue weighted by Crippen LogP contribution is 2.39. The maximum atomic E-state index is 13.8. The molecule has 16 heavy (non-hydrogen) atoms. The topological polar surface area (TPSA) is 44.5 Å². The van der Waals surface area contributed by atoms with Gasteiger partial charge in [0, 0.05) is 16.7 Å². The largest absolute Gasteiger partial charge is 0.493 e. The average Bonchev–Trinajstić information content (AvgIpc) is 2.28. The van der Waals surface area contributed by atoms with Crippen LogP contribution in [0.25, 0.3) is 0 Å². The Labute approximate surface area is 99.3 Å². The third-order valence-electron chi connectivity index (χ3n) is 2.23. The molecule has 1 atom stereocenters. The lowest BCUT2D eigenvalue weighted by Crippen LogP contribution is -2.05. The molecule has 0 fully saturated rings. The summed E-state index contributed by atoms with van der Waals surface area (Å²) < 4.78 is 24.0. The Kier molecular flexibility index (Phi) is 4.83. The van der Waals surface area contributed by atoms with Crippen LogP contribution in [-0.4, -0.2) is 20.8 Å². The van der Waals surface area contributed by atoms with Gasteiger partial charge in [0.1, 0.15) is 6.17 Å². The van der Waals surface area contributed by atoms with E-state index in [1.54, 1.807) is 6.07 Å². The van der Waals surface area contributed by atoms with E-state index in [0.717, 1.165) is 0 Å². The van der Waals surface area contributed by atoms with Gasteiger partial charge in [0.15, 0.2) is 11.5 Å². The van der Waals surface area contributed by atoms with Gasteiger partial charge < -0.3 is 15.2 Å². The summed E-state index contributed by atoms with van der Waals surface area (Å²) in [4.78, 5) is 0. The van der Waals surface area contributed by atoms with Crippen molar-refractivity contribution in [3.05, 3.63) is 22.7 Å². The minimum Gasteiger partial charge on any atom is -0.493 e. The second kappa shape index (κ2) is 5.92.